The van der Waals surface area contributed by atoms with Crippen molar-refractivity contribution >= 4 is 0 Å². The van der Waals surface area contributed by atoms with Crippen LogP contribution >= 0.6 is 0 Å². The maximum atomic E-state index is 2.41. The van der Waals surface area contributed by atoms with Crippen LogP contribution in [-0.4, -0.2) is 0 Å². The Kier molecular flexibility index (Phi) is 2.15. The van der Waals surface area contributed by atoms with E-state index in [0.717, 1.165) is 17.3 Å². The van der Waals surface area contributed by atoms with E-state index in [4.69, 9.17) is 0 Å². The van der Waals surface area contributed by atoms with Crippen molar-refractivity contribution in [1.29, 1.82) is 0 Å². The average molecular weight is 192 g/mol. The van der Waals surface area contributed by atoms with Crippen molar-refractivity contribution in [1.82, 2.24) is 0 Å². The zero-order valence-electron chi connectivity index (χ0n) is 9.60. The molecule has 3 rings (SSSR count). The predicted molar refractivity (Wildman–Crippen MR) is 60.1 cm³/mol. The summed E-state index contributed by atoms with van der Waals surface area (Å²) in [5.74, 6) is 3.44. The van der Waals surface area contributed by atoms with Gasteiger partial charge in [0.1, 0.15) is 0 Å². The average Bonchev–Trinajstić information content (AvgIpc) is 2.43. The van der Waals surface area contributed by atoms with Crippen molar-refractivity contribution in [2.24, 2.45) is 23.2 Å². The van der Waals surface area contributed by atoms with Crippen molar-refractivity contribution in [3.05, 3.63) is 0 Å². The lowest BCUT2D eigenvalue weighted by Gasteiger charge is -2.54. The van der Waals surface area contributed by atoms with Crippen molar-refractivity contribution < 1.29 is 0 Å². The molecule has 14 heavy (non-hydrogen) atoms. The van der Waals surface area contributed by atoms with Gasteiger partial charge in [0, 0.05) is 0 Å². The van der Waals surface area contributed by atoms with Crippen LogP contribution in [0.2, 0.25) is 0 Å². The van der Waals surface area contributed by atoms with E-state index in [-0.39, 0.29) is 0 Å². The van der Waals surface area contributed by atoms with E-state index in [1.54, 1.807) is 38.5 Å². The molecule has 3 aliphatic rings. The summed E-state index contributed by atoms with van der Waals surface area (Å²) < 4.78 is 0. The number of rotatable bonds is 2. The maximum Gasteiger partial charge on any atom is -0.0264 e. The molecule has 0 radical (unpaired) electrons. The summed E-state index contributed by atoms with van der Waals surface area (Å²) in [5, 5.41) is 0. The van der Waals surface area contributed by atoms with E-state index in [0.29, 0.717) is 0 Å². The van der Waals surface area contributed by atoms with Gasteiger partial charge in [-0.05, 0) is 48.9 Å². The van der Waals surface area contributed by atoms with Gasteiger partial charge in [-0.3, -0.25) is 0 Å². The first-order chi connectivity index (χ1) is 6.84. The third-order valence-corrected chi connectivity index (χ3v) is 5.74. The summed E-state index contributed by atoms with van der Waals surface area (Å²) in [6.45, 7) is 2.41. The summed E-state index contributed by atoms with van der Waals surface area (Å²) >= 11 is 0. The van der Waals surface area contributed by atoms with Crippen LogP contribution in [0.15, 0.2) is 0 Å². The van der Waals surface area contributed by atoms with Crippen LogP contribution in [0, 0.1) is 23.2 Å². The second-order valence-corrected chi connectivity index (χ2v) is 6.22. The second kappa shape index (κ2) is 3.25. The molecule has 80 valence electrons. The normalized spacial score (nSPS) is 47.8. The quantitative estimate of drug-likeness (QED) is 0.608. The lowest BCUT2D eigenvalue weighted by molar-refractivity contribution is -0.0384. The molecule has 3 aliphatic carbocycles. The second-order valence-electron chi connectivity index (χ2n) is 6.22. The molecule has 0 aliphatic heterocycles. The molecule has 0 heteroatoms. The van der Waals surface area contributed by atoms with Gasteiger partial charge in [-0.15, -0.1) is 0 Å². The molecule has 0 aromatic carbocycles. The smallest absolute Gasteiger partial charge is 0.0264 e. The zero-order valence-corrected chi connectivity index (χ0v) is 9.60. The highest BCUT2D eigenvalue weighted by atomic mass is 14.6. The molecule has 1 spiro atoms. The van der Waals surface area contributed by atoms with Crippen LogP contribution in [-0.2, 0) is 0 Å². The van der Waals surface area contributed by atoms with E-state index in [2.05, 4.69) is 6.92 Å². The van der Waals surface area contributed by atoms with Crippen molar-refractivity contribution in [3.63, 3.8) is 0 Å². The Morgan fingerprint density at radius 2 is 1.79 bits per heavy atom. The van der Waals surface area contributed by atoms with Gasteiger partial charge in [-0.2, -0.15) is 0 Å². The van der Waals surface area contributed by atoms with E-state index >= 15 is 0 Å². The SMILES string of the molecule is CCC1CCCC12CC(C1CCC1)C2. The van der Waals surface area contributed by atoms with Gasteiger partial charge in [0.25, 0.3) is 0 Å². The Morgan fingerprint density at radius 3 is 2.36 bits per heavy atom. The molecular weight excluding hydrogens is 168 g/mol. The Hall–Kier alpha value is 0. The van der Waals surface area contributed by atoms with Crippen LogP contribution in [0.3, 0.4) is 0 Å². The minimum Gasteiger partial charge on any atom is -0.0651 e. The van der Waals surface area contributed by atoms with Crippen LogP contribution < -0.4 is 0 Å². The lowest BCUT2D eigenvalue weighted by atomic mass is 9.51. The highest BCUT2D eigenvalue weighted by Crippen LogP contribution is 2.63. The van der Waals surface area contributed by atoms with Crippen molar-refractivity contribution in [3.8, 4) is 0 Å². The molecule has 0 amide bonds. The van der Waals surface area contributed by atoms with Crippen LogP contribution in [0.4, 0.5) is 0 Å². The molecule has 1 atom stereocenters. The molecule has 0 aromatic heterocycles. The van der Waals surface area contributed by atoms with Gasteiger partial charge in [-0.1, -0.05) is 39.0 Å². The summed E-state index contributed by atoms with van der Waals surface area (Å²) in [5.41, 5.74) is 0.870. The summed E-state index contributed by atoms with van der Waals surface area (Å²) in [6.07, 6.45) is 14.0. The standard InChI is InChI=1S/C14H24/c1-2-13-7-4-8-14(13)9-12(10-14)11-5-3-6-11/h11-13H,2-10H2,1H3. The molecule has 1 unspecified atom stereocenters. The topological polar surface area (TPSA) is 0 Å². The minimum atomic E-state index is 0.870. The third-order valence-electron chi connectivity index (χ3n) is 5.74. The van der Waals surface area contributed by atoms with E-state index < -0.39 is 0 Å². The van der Waals surface area contributed by atoms with Gasteiger partial charge >= 0.3 is 0 Å². The Labute approximate surface area is 88.5 Å². The number of hydrogen-bond donors (Lipinski definition) is 0. The van der Waals surface area contributed by atoms with Gasteiger partial charge in [0.15, 0.2) is 0 Å². The van der Waals surface area contributed by atoms with E-state index in [9.17, 15) is 0 Å². The third kappa shape index (κ3) is 1.19. The Morgan fingerprint density at radius 1 is 1.00 bits per heavy atom. The molecule has 3 saturated carbocycles. The first kappa shape index (κ1) is 9.24. The number of hydrogen-bond acceptors (Lipinski definition) is 0. The van der Waals surface area contributed by atoms with Crippen molar-refractivity contribution in [2.45, 2.75) is 64.7 Å². The van der Waals surface area contributed by atoms with Gasteiger partial charge in [0.05, 0.1) is 0 Å². The molecule has 0 bridgehead atoms. The summed E-state index contributed by atoms with van der Waals surface area (Å²) in [7, 11) is 0. The van der Waals surface area contributed by atoms with Crippen LogP contribution in [0.1, 0.15) is 64.7 Å². The Balaban J connectivity index is 1.60. The van der Waals surface area contributed by atoms with Crippen LogP contribution in [0.5, 0.6) is 0 Å². The molecular formula is C14H24. The summed E-state index contributed by atoms with van der Waals surface area (Å²) in [6, 6.07) is 0. The highest BCUT2D eigenvalue weighted by molar-refractivity contribution is 5.03. The largest absolute Gasteiger partial charge is 0.0651 e. The highest BCUT2D eigenvalue weighted by Gasteiger charge is 2.53. The molecule has 0 saturated heterocycles. The summed E-state index contributed by atoms with van der Waals surface area (Å²) in [4.78, 5) is 0. The molecule has 3 fully saturated rings. The fourth-order valence-corrected chi connectivity index (χ4v) is 4.61. The first-order valence-electron chi connectivity index (χ1n) is 6.84. The minimum absolute atomic E-state index is 0.870. The maximum absolute atomic E-state index is 2.41. The molecule has 0 N–H and O–H groups in total. The lowest BCUT2D eigenvalue weighted by Crippen LogP contribution is -2.44. The molecule has 0 nitrogen and oxygen atoms in total. The fourth-order valence-electron chi connectivity index (χ4n) is 4.61. The monoisotopic (exact) mass is 192 g/mol. The first-order valence-corrected chi connectivity index (χ1v) is 6.84. The van der Waals surface area contributed by atoms with E-state index in [1.165, 1.54) is 25.2 Å². The predicted octanol–water partition coefficient (Wildman–Crippen LogP) is 4.39. The van der Waals surface area contributed by atoms with Crippen LogP contribution in [0.25, 0.3) is 0 Å². The van der Waals surface area contributed by atoms with Gasteiger partial charge in [-0.25, -0.2) is 0 Å². The Bertz CT molecular complexity index is 208. The fraction of sp³-hybridized carbons (Fsp3) is 1.00. The van der Waals surface area contributed by atoms with E-state index in [1.807, 2.05) is 0 Å². The zero-order chi connectivity index (χ0) is 9.60. The van der Waals surface area contributed by atoms with Gasteiger partial charge in [0.2, 0.25) is 0 Å². The van der Waals surface area contributed by atoms with Gasteiger partial charge < -0.3 is 0 Å². The van der Waals surface area contributed by atoms with Crippen molar-refractivity contribution in [2.75, 3.05) is 0 Å². The molecule has 0 aromatic rings. The molecule has 0 heterocycles.